The molecule has 3 nitrogen and oxygen atoms in total. The van der Waals surface area contributed by atoms with E-state index in [1.165, 1.54) is 19.4 Å². The average Bonchev–Trinajstić information content (AvgIpc) is 2.63. The molecule has 0 spiro atoms. The Hall–Kier alpha value is -1.01. The van der Waals surface area contributed by atoms with E-state index >= 15 is 0 Å². The van der Waals surface area contributed by atoms with Crippen LogP contribution in [-0.2, 0) is 4.84 Å². The summed E-state index contributed by atoms with van der Waals surface area (Å²) in [6.45, 7) is 7.83. The van der Waals surface area contributed by atoms with Gasteiger partial charge in [0.1, 0.15) is 12.3 Å². The van der Waals surface area contributed by atoms with Gasteiger partial charge >= 0.3 is 0 Å². The van der Waals surface area contributed by atoms with E-state index in [0.717, 1.165) is 5.71 Å². The minimum Gasteiger partial charge on any atom is -0.393 e. The third kappa shape index (κ3) is 3.86. The highest BCUT2D eigenvalue weighted by Crippen LogP contribution is 2.14. The second kappa shape index (κ2) is 6.55. The van der Waals surface area contributed by atoms with Crippen LogP contribution in [0, 0.1) is 17.8 Å². The largest absolute Gasteiger partial charge is 0.393 e. The standard InChI is InChI=1S/C13H22N2O/c1-5-7-13(11(2)3)14-16-10-12-8-6-9-15(12)4/h11-12H,6,8-10H2,1-4H3/b14-13+/t12-/m1/s1. The van der Waals surface area contributed by atoms with Crippen LogP contribution in [0.1, 0.15) is 33.6 Å². The van der Waals surface area contributed by atoms with Gasteiger partial charge in [-0.05, 0) is 39.3 Å². The molecule has 3 heteroatoms. The maximum Gasteiger partial charge on any atom is 0.132 e. The molecule has 1 aliphatic rings. The van der Waals surface area contributed by atoms with E-state index in [9.17, 15) is 0 Å². The Kier molecular flexibility index (Phi) is 5.34. The van der Waals surface area contributed by atoms with Crippen molar-refractivity contribution in [1.29, 1.82) is 0 Å². The highest BCUT2D eigenvalue weighted by atomic mass is 16.6. The summed E-state index contributed by atoms with van der Waals surface area (Å²) in [5.74, 6) is 6.17. The molecule has 0 amide bonds. The molecule has 0 unspecified atom stereocenters. The fraction of sp³-hybridized carbons (Fsp3) is 0.769. The molecule has 0 aliphatic carbocycles. The second-order valence-electron chi connectivity index (χ2n) is 4.58. The molecule has 16 heavy (non-hydrogen) atoms. The predicted molar refractivity (Wildman–Crippen MR) is 67.3 cm³/mol. The van der Waals surface area contributed by atoms with Gasteiger partial charge in [-0.3, -0.25) is 4.90 Å². The Morgan fingerprint density at radius 1 is 1.56 bits per heavy atom. The van der Waals surface area contributed by atoms with Gasteiger partial charge in [-0.25, -0.2) is 0 Å². The zero-order chi connectivity index (χ0) is 12.0. The molecule has 0 N–H and O–H groups in total. The summed E-state index contributed by atoms with van der Waals surface area (Å²) in [7, 11) is 2.14. The lowest BCUT2D eigenvalue weighted by Gasteiger charge is -2.17. The topological polar surface area (TPSA) is 24.8 Å². The van der Waals surface area contributed by atoms with Crippen molar-refractivity contribution in [3.8, 4) is 11.8 Å². The number of hydrogen-bond donors (Lipinski definition) is 0. The molecule has 1 aliphatic heterocycles. The van der Waals surface area contributed by atoms with E-state index in [2.05, 4.69) is 42.8 Å². The molecular formula is C13H22N2O. The third-order valence-corrected chi connectivity index (χ3v) is 2.90. The van der Waals surface area contributed by atoms with Crippen LogP contribution in [-0.4, -0.2) is 36.9 Å². The molecule has 90 valence electrons. The lowest BCUT2D eigenvalue weighted by molar-refractivity contribution is 0.0914. The number of nitrogens with zero attached hydrogens (tertiary/aromatic N) is 2. The van der Waals surface area contributed by atoms with E-state index in [-0.39, 0.29) is 0 Å². The summed E-state index contributed by atoms with van der Waals surface area (Å²) in [6, 6.07) is 0.520. The third-order valence-electron chi connectivity index (χ3n) is 2.90. The average molecular weight is 222 g/mol. The van der Waals surface area contributed by atoms with Crippen LogP contribution >= 0.6 is 0 Å². The van der Waals surface area contributed by atoms with Crippen LogP contribution in [0.15, 0.2) is 5.16 Å². The normalized spacial score (nSPS) is 22.1. The van der Waals surface area contributed by atoms with Crippen molar-refractivity contribution in [1.82, 2.24) is 4.90 Å². The molecular weight excluding hydrogens is 200 g/mol. The first-order chi connectivity index (χ1) is 7.65. The SMILES string of the molecule is CC#C/C(=N\OC[C@H]1CCCN1C)C(C)C. The first-order valence-corrected chi connectivity index (χ1v) is 5.98. The number of hydrogen-bond acceptors (Lipinski definition) is 3. The zero-order valence-corrected chi connectivity index (χ0v) is 10.8. The quantitative estimate of drug-likeness (QED) is 0.413. The number of rotatable bonds is 4. The molecule has 1 rings (SSSR count). The maximum absolute atomic E-state index is 5.41. The molecule has 0 aromatic heterocycles. The summed E-state index contributed by atoms with van der Waals surface area (Å²) in [5.41, 5.74) is 0.836. The Bertz CT molecular complexity index is 299. The van der Waals surface area contributed by atoms with Gasteiger partial charge < -0.3 is 4.84 Å². The Balaban J connectivity index is 2.41. The van der Waals surface area contributed by atoms with Gasteiger partial charge in [0, 0.05) is 12.0 Å². The summed E-state index contributed by atoms with van der Waals surface area (Å²) >= 11 is 0. The fourth-order valence-corrected chi connectivity index (χ4v) is 1.78. The van der Waals surface area contributed by atoms with Crippen LogP contribution in [0.5, 0.6) is 0 Å². The molecule has 0 saturated carbocycles. The molecule has 1 fully saturated rings. The number of likely N-dealkylation sites (N-methyl/N-ethyl adjacent to an activating group) is 1. The second-order valence-corrected chi connectivity index (χ2v) is 4.58. The Labute approximate surface area is 98.8 Å². The first kappa shape index (κ1) is 13.1. The lowest BCUT2D eigenvalue weighted by atomic mass is 10.1. The highest BCUT2D eigenvalue weighted by Gasteiger charge is 2.21. The monoisotopic (exact) mass is 222 g/mol. The minimum atomic E-state index is 0.328. The van der Waals surface area contributed by atoms with Crippen molar-refractivity contribution in [2.45, 2.75) is 39.7 Å². The fourth-order valence-electron chi connectivity index (χ4n) is 1.78. The summed E-state index contributed by atoms with van der Waals surface area (Å²) in [5, 5.41) is 4.13. The van der Waals surface area contributed by atoms with E-state index in [0.29, 0.717) is 18.6 Å². The van der Waals surface area contributed by atoms with Crippen LogP contribution in [0.3, 0.4) is 0 Å². The number of oxime groups is 1. The number of likely N-dealkylation sites (tertiary alicyclic amines) is 1. The van der Waals surface area contributed by atoms with E-state index in [1.54, 1.807) is 0 Å². The van der Waals surface area contributed by atoms with E-state index in [1.807, 2.05) is 6.92 Å². The van der Waals surface area contributed by atoms with Crippen LogP contribution < -0.4 is 0 Å². The van der Waals surface area contributed by atoms with Crippen molar-refractivity contribution >= 4 is 5.71 Å². The van der Waals surface area contributed by atoms with Gasteiger partial charge in [0.25, 0.3) is 0 Å². The van der Waals surface area contributed by atoms with Crippen molar-refractivity contribution in [3.05, 3.63) is 0 Å². The smallest absolute Gasteiger partial charge is 0.132 e. The van der Waals surface area contributed by atoms with Crippen molar-refractivity contribution in [3.63, 3.8) is 0 Å². The van der Waals surface area contributed by atoms with Gasteiger partial charge in [0.15, 0.2) is 0 Å². The van der Waals surface area contributed by atoms with Crippen molar-refractivity contribution in [2.75, 3.05) is 20.2 Å². The van der Waals surface area contributed by atoms with Gasteiger partial charge in [-0.15, -0.1) is 0 Å². The molecule has 1 saturated heterocycles. The van der Waals surface area contributed by atoms with Crippen molar-refractivity contribution in [2.24, 2.45) is 11.1 Å². The van der Waals surface area contributed by atoms with Crippen LogP contribution in [0.4, 0.5) is 0 Å². The Morgan fingerprint density at radius 2 is 2.31 bits per heavy atom. The molecule has 1 heterocycles. The summed E-state index contributed by atoms with van der Waals surface area (Å²) in [6.07, 6.45) is 2.47. The summed E-state index contributed by atoms with van der Waals surface area (Å²) < 4.78 is 0. The van der Waals surface area contributed by atoms with E-state index in [4.69, 9.17) is 4.84 Å². The van der Waals surface area contributed by atoms with Gasteiger partial charge in [0.2, 0.25) is 0 Å². The van der Waals surface area contributed by atoms with Crippen molar-refractivity contribution < 1.29 is 4.84 Å². The van der Waals surface area contributed by atoms with Gasteiger partial charge in [-0.2, -0.15) is 0 Å². The maximum atomic E-state index is 5.41. The zero-order valence-electron chi connectivity index (χ0n) is 10.8. The minimum absolute atomic E-state index is 0.328. The van der Waals surface area contributed by atoms with Gasteiger partial charge in [0.05, 0.1) is 0 Å². The lowest BCUT2D eigenvalue weighted by Crippen LogP contribution is -2.28. The van der Waals surface area contributed by atoms with Gasteiger partial charge in [-0.1, -0.05) is 24.9 Å². The van der Waals surface area contributed by atoms with Crippen LogP contribution in [0.25, 0.3) is 0 Å². The molecule has 0 radical (unpaired) electrons. The first-order valence-electron chi connectivity index (χ1n) is 5.98. The Morgan fingerprint density at radius 3 is 2.81 bits per heavy atom. The van der Waals surface area contributed by atoms with E-state index < -0.39 is 0 Å². The molecule has 1 atom stereocenters. The summed E-state index contributed by atoms with van der Waals surface area (Å²) in [4.78, 5) is 7.74. The molecule has 0 aromatic carbocycles. The van der Waals surface area contributed by atoms with Crippen LogP contribution in [0.2, 0.25) is 0 Å². The molecule has 0 aromatic rings. The highest BCUT2D eigenvalue weighted by molar-refractivity contribution is 6.01. The molecule has 0 bridgehead atoms. The predicted octanol–water partition coefficient (Wildman–Crippen LogP) is 2.13.